The van der Waals surface area contributed by atoms with E-state index in [9.17, 15) is 0 Å². The van der Waals surface area contributed by atoms with Gasteiger partial charge in [-0.3, -0.25) is 0 Å². The van der Waals surface area contributed by atoms with Crippen molar-refractivity contribution in [2.45, 2.75) is 26.4 Å². The number of nitrogens with zero attached hydrogens (tertiary/aromatic N) is 5. The van der Waals surface area contributed by atoms with E-state index in [1.54, 1.807) is 0 Å². The van der Waals surface area contributed by atoms with Gasteiger partial charge in [-0.2, -0.15) is 0 Å². The maximum Gasteiger partial charge on any atom is 0.156 e. The number of benzene rings is 1. The van der Waals surface area contributed by atoms with Crippen LogP contribution in [0.25, 0.3) is 22.8 Å². The monoisotopic (exact) mass is 332 g/mol. The highest BCUT2D eigenvalue weighted by Gasteiger charge is 2.17. The van der Waals surface area contributed by atoms with Crippen molar-refractivity contribution < 1.29 is 0 Å². The Bertz CT molecular complexity index is 934. The van der Waals surface area contributed by atoms with Crippen molar-refractivity contribution in [2.24, 2.45) is 0 Å². The molecule has 3 heterocycles. The average Bonchev–Trinajstić information content (AvgIpc) is 3.36. The van der Waals surface area contributed by atoms with Gasteiger partial charge < -0.3 is 14.1 Å². The van der Waals surface area contributed by atoms with Crippen LogP contribution < -0.4 is 0 Å². The van der Waals surface area contributed by atoms with Gasteiger partial charge in [-0.05, 0) is 13.3 Å². The van der Waals surface area contributed by atoms with Crippen molar-refractivity contribution in [3.05, 3.63) is 67.3 Å². The van der Waals surface area contributed by atoms with Crippen molar-refractivity contribution >= 4 is 0 Å². The molecule has 0 radical (unpaired) electrons. The van der Waals surface area contributed by atoms with Crippen LogP contribution in [0.3, 0.4) is 0 Å². The number of hydrogen-bond acceptors (Lipinski definition) is 3. The Morgan fingerprint density at radius 2 is 1.92 bits per heavy atom. The minimum Gasteiger partial charge on any atom is -0.341 e. The van der Waals surface area contributed by atoms with E-state index in [0.717, 1.165) is 48.0 Å². The van der Waals surface area contributed by atoms with Crippen LogP contribution in [0.4, 0.5) is 0 Å². The summed E-state index contributed by atoms with van der Waals surface area (Å²) in [6, 6.07) is 10.2. The molecule has 6 heteroatoms. The minimum atomic E-state index is 0.858. The van der Waals surface area contributed by atoms with Crippen molar-refractivity contribution in [1.29, 1.82) is 0 Å². The van der Waals surface area contributed by atoms with Crippen LogP contribution in [0.5, 0.6) is 0 Å². The fraction of sp³-hybridized carbons (Fsp3) is 0.211. The van der Waals surface area contributed by atoms with Crippen LogP contribution in [0.1, 0.15) is 12.1 Å². The number of nitrogens with one attached hydrogen (secondary N) is 1. The quantitative estimate of drug-likeness (QED) is 0.587. The number of H-pyrrole nitrogens is 1. The van der Waals surface area contributed by atoms with E-state index in [-0.39, 0.29) is 0 Å². The summed E-state index contributed by atoms with van der Waals surface area (Å²) < 4.78 is 4.27. The maximum absolute atomic E-state index is 4.67. The first-order chi connectivity index (χ1) is 12.3. The van der Waals surface area contributed by atoms with Gasteiger partial charge in [-0.15, -0.1) is 0 Å². The molecular formula is C19H20N6. The molecule has 4 rings (SSSR count). The first-order valence-electron chi connectivity index (χ1n) is 8.39. The highest BCUT2D eigenvalue weighted by molar-refractivity contribution is 5.75. The van der Waals surface area contributed by atoms with Gasteiger partial charge in [-0.1, -0.05) is 30.3 Å². The molecule has 0 aliphatic heterocycles. The van der Waals surface area contributed by atoms with E-state index in [2.05, 4.69) is 41.2 Å². The lowest BCUT2D eigenvalue weighted by molar-refractivity contribution is 0.565. The predicted octanol–water partition coefficient (Wildman–Crippen LogP) is 3.54. The maximum atomic E-state index is 4.67. The molecule has 6 nitrogen and oxygen atoms in total. The zero-order chi connectivity index (χ0) is 17.1. The van der Waals surface area contributed by atoms with Gasteiger partial charge in [0.2, 0.25) is 0 Å². The third kappa shape index (κ3) is 3.24. The summed E-state index contributed by atoms with van der Waals surface area (Å²) in [5.74, 6) is 0.858. The first kappa shape index (κ1) is 15.4. The van der Waals surface area contributed by atoms with Gasteiger partial charge in [0.1, 0.15) is 5.69 Å². The summed E-state index contributed by atoms with van der Waals surface area (Å²) in [4.78, 5) is 16.6. The van der Waals surface area contributed by atoms with E-state index in [0.29, 0.717) is 0 Å². The van der Waals surface area contributed by atoms with Gasteiger partial charge >= 0.3 is 0 Å². The van der Waals surface area contributed by atoms with E-state index in [4.69, 9.17) is 0 Å². The second-order valence-corrected chi connectivity index (χ2v) is 6.07. The van der Waals surface area contributed by atoms with E-state index >= 15 is 0 Å². The molecular weight excluding hydrogens is 312 g/mol. The van der Waals surface area contributed by atoms with Gasteiger partial charge in [0.05, 0.1) is 18.3 Å². The fourth-order valence-corrected chi connectivity index (χ4v) is 2.98. The third-order valence-corrected chi connectivity index (χ3v) is 4.19. The second kappa shape index (κ2) is 6.76. The van der Waals surface area contributed by atoms with Crippen molar-refractivity contribution in [3.63, 3.8) is 0 Å². The summed E-state index contributed by atoms with van der Waals surface area (Å²) in [6.45, 7) is 3.81. The minimum absolute atomic E-state index is 0.858. The summed E-state index contributed by atoms with van der Waals surface area (Å²) in [5, 5.41) is 0. The summed E-state index contributed by atoms with van der Waals surface area (Å²) in [5.41, 5.74) is 4.13. The average molecular weight is 332 g/mol. The van der Waals surface area contributed by atoms with Gasteiger partial charge in [-0.25, -0.2) is 15.0 Å². The van der Waals surface area contributed by atoms with Gasteiger partial charge in [0.25, 0.3) is 0 Å². The number of rotatable bonds is 6. The molecule has 0 atom stereocenters. The van der Waals surface area contributed by atoms with Crippen LogP contribution in [0.15, 0.2) is 61.6 Å². The van der Waals surface area contributed by atoms with Crippen LogP contribution >= 0.6 is 0 Å². The Morgan fingerprint density at radius 3 is 2.64 bits per heavy atom. The van der Waals surface area contributed by atoms with Crippen molar-refractivity contribution in [1.82, 2.24) is 29.1 Å². The third-order valence-electron chi connectivity index (χ3n) is 4.19. The van der Waals surface area contributed by atoms with E-state index < -0.39 is 0 Å². The number of aromatic nitrogens is 6. The zero-order valence-corrected chi connectivity index (χ0v) is 14.1. The fourth-order valence-electron chi connectivity index (χ4n) is 2.98. The molecule has 0 saturated carbocycles. The van der Waals surface area contributed by atoms with Crippen molar-refractivity contribution in [3.8, 4) is 22.8 Å². The molecule has 0 spiro atoms. The molecule has 126 valence electrons. The Morgan fingerprint density at radius 1 is 1.04 bits per heavy atom. The number of imidazole rings is 3. The summed E-state index contributed by atoms with van der Waals surface area (Å²) >= 11 is 0. The summed E-state index contributed by atoms with van der Waals surface area (Å²) in [7, 11) is 0. The van der Waals surface area contributed by atoms with E-state index in [1.165, 1.54) is 0 Å². The zero-order valence-electron chi connectivity index (χ0n) is 14.1. The highest BCUT2D eigenvalue weighted by atomic mass is 15.1. The molecule has 0 fully saturated rings. The normalized spacial score (nSPS) is 11.1. The van der Waals surface area contributed by atoms with Crippen LogP contribution in [-0.2, 0) is 13.1 Å². The standard InChI is InChI=1S/C19H20N6/c1-15-12-21-19(23-15)18-17(16-6-3-2-4-7-16)22-14-25(18)10-5-9-24-11-8-20-13-24/h2-4,6-8,11-14H,5,9-10H2,1H3,(H,21,23). The Kier molecular flexibility index (Phi) is 4.16. The van der Waals surface area contributed by atoms with Crippen LogP contribution in [0.2, 0.25) is 0 Å². The van der Waals surface area contributed by atoms with Crippen molar-refractivity contribution in [2.75, 3.05) is 0 Å². The van der Waals surface area contributed by atoms with Crippen LogP contribution in [0, 0.1) is 6.92 Å². The number of aryl methyl sites for hydroxylation is 3. The van der Waals surface area contributed by atoms with Gasteiger partial charge in [0, 0.05) is 42.9 Å². The topological polar surface area (TPSA) is 64.3 Å². The lowest BCUT2D eigenvalue weighted by atomic mass is 10.1. The Labute approximate surface area is 146 Å². The molecule has 0 aliphatic rings. The number of aromatic amines is 1. The van der Waals surface area contributed by atoms with Crippen LogP contribution in [-0.4, -0.2) is 29.1 Å². The predicted molar refractivity (Wildman–Crippen MR) is 96.8 cm³/mol. The molecule has 1 aromatic carbocycles. The lowest BCUT2D eigenvalue weighted by Gasteiger charge is -2.09. The molecule has 1 N–H and O–H groups in total. The highest BCUT2D eigenvalue weighted by Crippen LogP contribution is 2.29. The Balaban J connectivity index is 1.65. The molecule has 0 unspecified atom stereocenters. The summed E-state index contributed by atoms with van der Waals surface area (Å²) in [6.07, 6.45) is 10.4. The number of hydrogen-bond donors (Lipinski definition) is 1. The molecule has 0 amide bonds. The molecule has 25 heavy (non-hydrogen) atoms. The molecule has 0 aliphatic carbocycles. The molecule has 4 aromatic rings. The second-order valence-electron chi connectivity index (χ2n) is 6.07. The first-order valence-corrected chi connectivity index (χ1v) is 8.39. The Hall–Kier alpha value is -3.15. The van der Waals surface area contributed by atoms with E-state index in [1.807, 2.05) is 56.4 Å². The largest absolute Gasteiger partial charge is 0.341 e. The molecule has 0 saturated heterocycles. The molecule has 3 aromatic heterocycles. The SMILES string of the molecule is Cc1cnc(-c2c(-c3ccccc3)ncn2CCCn2ccnc2)[nH]1. The van der Waals surface area contributed by atoms with Gasteiger partial charge in [0.15, 0.2) is 5.82 Å². The molecule has 0 bridgehead atoms. The smallest absolute Gasteiger partial charge is 0.156 e. The lowest BCUT2D eigenvalue weighted by Crippen LogP contribution is -2.04.